The molecule has 0 spiro atoms. The van der Waals surface area contributed by atoms with Crippen molar-refractivity contribution in [3.8, 4) is 28.4 Å². The highest BCUT2D eigenvalue weighted by molar-refractivity contribution is 5.87. The monoisotopic (exact) mass is 486 g/mol. The van der Waals surface area contributed by atoms with Gasteiger partial charge in [-0.3, -0.25) is 9.69 Å². The second-order valence-electron chi connectivity index (χ2n) is 8.97. The van der Waals surface area contributed by atoms with E-state index in [1.165, 1.54) is 5.69 Å². The number of para-hydroxylation sites is 1. The fraction of sp³-hybridized carbons (Fsp3) is 0.276. The number of ether oxygens (including phenoxy) is 2. The molecule has 186 valence electrons. The van der Waals surface area contributed by atoms with E-state index in [1.807, 2.05) is 12.1 Å². The minimum Gasteiger partial charge on any atom is -0.507 e. The molecule has 1 aliphatic heterocycles. The van der Waals surface area contributed by atoms with Crippen molar-refractivity contribution in [2.45, 2.75) is 13.5 Å². The molecular weight excluding hydrogens is 456 g/mol. The summed E-state index contributed by atoms with van der Waals surface area (Å²) in [6.45, 7) is 5.75. The van der Waals surface area contributed by atoms with Crippen LogP contribution in [0.3, 0.4) is 0 Å². The van der Waals surface area contributed by atoms with Gasteiger partial charge in [0.25, 0.3) is 0 Å². The summed E-state index contributed by atoms with van der Waals surface area (Å²) in [5, 5.41) is 11.2. The molecular formula is C29H30N2O5. The van der Waals surface area contributed by atoms with Crippen LogP contribution < -0.4 is 19.8 Å². The van der Waals surface area contributed by atoms with Crippen LogP contribution in [0.4, 0.5) is 5.69 Å². The highest BCUT2D eigenvalue weighted by Crippen LogP contribution is 2.35. The average molecular weight is 487 g/mol. The Kier molecular flexibility index (Phi) is 6.57. The van der Waals surface area contributed by atoms with E-state index in [1.54, 1.807) is 45.4 Å². The maximum Gasteiger partial charge on any atom is 0.200 e. The summed E-state index contributed by atoms with van der Waals surface area (Å²) in [6.07, 6.45) is 0. The SMILES string of the molecule is COc1ccc(-c2c(C)oc3c(CN4CCN(c5ccccc5)CC4)c(O)ccc3c2=O)cc1OC. The number of fused-ring (bicyclic) bond motifs is 1. The molecule has 36 heavy (non-hydrogen) atoms. The molecule has 7 nitrogen and oxygen atoms in total. The number of aromatic hydroxyl groups is 1. The molecule has 0 saturated carbocycles. The van der Waals surface area contributed by atoms with Gasteiger partial charge in [-0.1, -0.05) is 24.3 Å². The first kappa shape index (κ1) is 23.8. The van der Waals surface area contributed by atoms with Gasteiger partial charge in [0.1, 0.15) is 17.1 Å². The fourth-order valence-electron chi connectivity index (χ4n) is 4.92. The highest BCUT2D eigenvalue weighted by atomic mass is 16.5. The van der Waals surface area contributed by atoms with Crippen molar-refractivity contribution in [1.82, 2.24) is 4.90 Å². The van der Waals surface area contributed by atoms with Gasteiger partial charge in [0.05, 0.1) is 30.7 Å². The summed E-state index contributed by atoms with van der Waals surface area (Å²) in [5.74, 6) is 1.74. The number of hydrogen-bond acceptors (Lipinski definition) is 7. The van der Waals surface area contributed by atoms with Crippen LogP contribution in [-0.4, -0.2) is 50.4 Å². The second kappa shape index (κ2) is 9.95. The van der Waals surface area contributed by atoms with Crippen molar-refractivity contribution >= 4 is 16.7 Å². The third-order valence-electron chi connectivity index (χ3n) is 6.86. The zero-order chi connectivity index (χ0) is 25.2. The molecule has 0 unspecified atom stereocenters. The second-order valence-corrected chi connectivity index (χ2v) is 8.97. The van der Waals surface area contributed by atoms with E-state index in [2.05, 4.69) is 34.1 Å². The Morgan fingerprint density at radius 1 is 0.917 bits per heavy atom. The molecule has 3 aromatic carbocycles. The lowest BCUT2D eigenvalue weighted by Crippen LogP contribution is -2.46. The van der Waals surface area contributed by atoms with Crippen LogP contribution >= 0.6 is 0 Å². The number of phenols is 1. The maximum atomic E-state index is 13.6. The van der Waals surface area contributed by atoms with Gasteiger partial charge >= 0.3 is 0 Å². The van der Waals surface area contributed by atoms with Crippen LogP contribution in [0.2, 0.25) is 0 Å². The van der Waals surface area contributed by atoms with E-state index in [0.717, 1.165) is 26.2 Å². The van der Waals surface area contributed by atoms with E-state index < -0.39 is 0 Å². The molecule has 0 radical (unpaired) electrons. The molecule has 0 atom stereocenters. The summed E-state index contributed by atoms with van der Waals surface area (Å²) >= 11 is 0. The summed E-state index contributed by atoms with van der Waals surface area (Å²) in [4.78, 5) is 18.3. The molecule has 1 aromatic heterocycles. The van der Waals surface area contributed by atoms with E-state index in [0.29, 0.717) is 51.5 Å². The zero-order valence-electron chi connectivity index (χ0n) is 20.8. The number of hydrogen-bond donors (Lipinski definition) is 1. The van der Waals surface area contributed by atoms with Crippen molar-refractivity contribution in [1.29, 1.82) is 0 Å². The largest absolute Gasteiger partial charge is 0.507 e. The smallest absolute Gasteiger partial charge is 0.200 e. The van der Waals surface area contributed by atoms with Crippen LogP contribution in [0.5, 0.6) is 17.2 Å². The average Bonchev–Trinajstić information content (AvgIpc) is 2.91. The molecule has 1 N–H and O–H groups in total. The lowest BCUT2D eigenvalue weighted by molar-refractivity contribution is 0.246. The summed E-state index contributed by atoms with van der Waals surface area (Å²) in [5.41, 5.74) is 3.31. The normalized spacial score (nSPS) is 14.2. The van der Waals surface area contributed by atoms with Gasteiger partial charge in [0, 0.05) is 38.4 Å². The summed E-state index contributed by atoms with van der Waals surface area (Å²) in [7, 11) is 3.13. The fourth-order valence-corrected chi connectivity index (χ4v) is 4.92. The lowest BCUT2D eigenvalue weighted by Gasteiger charge is -2.36. The number of aryl methyl sites for hydroxylation is 1. The third-order valence-corrected chi connectivity index (χ3v) is 6.86. The van der Waals surface area contributed by atoms with Crippen molar-refractivity contribution in [3.63, 3.8) is 0 Å². The molecule has 4 aromatic rings. The van der Waals surface area contributed by atoms with E-state index in [-0.39, 0.29) is 11.2 Å². The number of methoxy groups -OCH3 is 2. The predicted molar refractivity (Wildman–Crippen MR) is 141 cm³/mol. The number of benzene rings is 3. The van der Waals surface area contributed by atoms with Crippen LogP contribution in [0, 0.1) is 6.92 Å². The summed E-state index contributed by atoms with van der Waals surface area (Å²) < 4.78 is 17.0. The molecule has 0 amide bonds. The Morgan fingerprint density at radius 3 is 2.33 bits per heavy atom. The molecule has 7 heteroatoms. The van der Waals surface area contributed by atoms with Crippen LogP contribution in [0.25, 0.3) is 22.1 Å². The maximum absolute atomic E-state index is 13.6. The van der Waals surface area contributed by atoms with E-state index in [9.17, 15) is 9.90 Å². The quantitative estimate of drug-likeness (QED) is 0.419. The Hall–Kier alpha value is -3.97. The summed E-state index contributed by atoms with van der Waals surface area (Å²) in [6, 6.07) is 19.0. The first-order valence-electron chi connectivity index (χ1n) is 12.0. The van der Waals surface area contributed by atoms with Gasteiger partial charge in [0.15, 0.2) is 11.5 Å². The topological polar surface area (TPSA) is 75.4 Å². The predicted octanol–water partition coefficient (Wildman–Crippen LogP) is 4.81. The Bertz CT molecular complexity index is 1440. The molecule has 0 aliphatic carbocycles. The van der Waals surface area contributed by atoms with E-state index in [4.69, 9.17) is 13.9 Å². The molecule has 1 fully saturated rings. The number of nitrogens with zero attached hydrogens (tertiary/aromatic N) is 2. The van der Waals surface area contributed by atoms with Gasteiger partial charge in [-0.2, -0.15) is 0 Å². The minimum atomic E-state index is -0.142. The lowest BCUT2D eigenvalue weighted by atomic mass is 10.00. The third kappa shape index (κ3) is 4.38. The number of anilines is 1. The van der Waals surface area contributed by atoms with Crippen molar-refractivity contribution in [2.75, 3.05) is 45.3 Å². The Labute approximate surface area is 210 Å². The van der Waals surface area contributed by atoms with Crippen molar-refractivity contribution < 1.29 is 19.0 Å². The first-order valence-corrected chi connectivity index (χ1v) is 12.0. The molecule has 1 aliphatic rings. The Balaban J connectivity index is 1.46. The van der Waals surface area contributed by atoms with Crippen LogP contribution in [-0.2, 0) is 6.54 Å². The molecule has 1 saturated heterocycles. The van der Waals surface area contributed by atoms with Crippen molar-refractivity contribution in [3.05, 3.63) is 82.2 Å². The number of phenolic OH excluding ortho intramolecular Hbond substituents is 1. The van der Waals surface area contributed by atoms with Gasteiger partial charge in [-0.05, 0) is 48.9 Å². The van der Waals surface area contributed by atoms with Gasteiger partial charge in [-0.25, -0.2) is 0 Å². The van der Waals surface area contributed by atoms with Crippen LogP contribution in [0.1, 0.15) is 11.3 Å². The van der Waals surface area contributed by atoms with E-state index >= 15 is 0 Å². The molecule has 2 heterocycles. The standard InChI is InChI=1S/C29H30N2O5/c1-19-27(20-9-12-25(34-2)26(17-20)35-3)28(33)22-10-11-24(32)23(29(22)36-19)18-30-13-15-31(16-14-30)21-7-5-4-6-8-21/h4-12,17,32H,13-16,18H2,1-3H3. The zero-order valence-corrected chi connectivity index (χ0v) is 20.8. The highest BCUT2D eigenvalue weighted by Gasteiger charge is 2.23. The van der Waals surface area contributed by atoms with Crippen LogP contribution in [0.15, 0.2) is 69.9 Å². The molecule has 5 rings (SSSR count). The number of piperazine rings is 1. The van der Waals surface area contributed by atoms with Gasteiger partial charge < -0.3 is 23.9 Å². The van der Waals surface area contributed by atoms with Gasteiger partial charge in [0.2, 0.25) is 5.43 Å². The molecule has 0 bridgehead atoms. The van der Waals surface area contributed by atoms with Gasteiger partial charge in [-0.15, -0.1) is 0 Å². The van der Waals surface area contributed by atoms with Crippen molar-refractivity contribution in [2.24, 2.45) is 0 Å². The minimum absolute atomic E-state index is 0.134. The first-order chi connectivity index (χ1) is 17.5. The number of rotatable bonds is 6. The Morgan fingerprint density at radius 2 is 1.64 bits per heavy atom.